The molecule has 0 aromatic heterocycles. The molecule has 0 unspecified atom stereocenters. The first kappa shape index (κ1) is 15.5. The third-order valence-electron chi connectivity index (χ3n) is 4.92. The van der Waals surface area contributed by atoms with Gasteiger partial charge in [0.05, 0.1) is 16.4 Å². The van der Waals surface area contributed by atoms with E-state index in [0.29, 0.717) is 0 Å². The van der Waals surface area contributed by atoms with Crippen LogP contribution in [0.3, 0.4) is 0 Å². The highest BCUT2D eigenvalue weighted by Gasteiger charge is 2.34. The summed E-state index contributed by atoms with van der Waals surface area (Å²) in [5.41, 5.74) is 1.01. The number of hydrogen-bond donors (Lipinski definition) is 0. The summed E-state index contributed by atoms with van der Waals surface area (Å²) in [6.07, 6.45) is 7.20. The molecule has 1 aromatic rings. The van der Waals surface area contributed by atoms with Gasteiger partial charge in [-0.25, -0.2) is 0 Å². The standard InChI is InChI=1S/C17H22N2O2/c1-2-14-7-10-17(13-18,11-8-14)12-9-15-3-5-16(6-4-15)19(20)21/h3-6,14H,2,7-12H2,1H3. The van der Waals surface area contributed by atoms with Crippen LogP contribution in [0.15, 0.2) is 24.3 Å². The molecule has 0 saturated heterocycles. The van der Waals surface area contributed by atoms with E-state index in [1.807, 2.05) is 0 Å². The second-order valence-electron chi connectivity index (χ2n) is 6.17. The summed E-state index contributed by atoms with van der Waals surface area (Å²) in [5.74, 6) is 0.783. The van der Waals surface area contributed by atoms with Crippen LogP contribution in [0.2, 0.25) is 0 Å². The van der Waals surface area contributed by atoms with Gasteiger partial charge in [-0.05, 0) is 50.0 Å². The summed E-state index contributed by atoms with van der Waals surface area (Å²) >= 11 is 0. The molecule has 0 amide bonds. The molecule has 21 heavy (non-hydrogen) atoms. The molecule has 1 aromatic carbocycles. The molecule has 0 heterocycles. The molecule has 0 radical (unpaired) electrons. The van der Waals surface area contributed by atoms with E-state index in [1.165, 1.54) is 6.42 Å². The Morgan fingerprint density at radius 1 is 1.33 bits per heavy atom. The maximum Gasteiger partial charge on any atom is 0.269 e. The van der Waals surface area contributed by atoms with Crippen LogP contribution in [0.5, 0.6) is 0 Å². The van der Waals surface area contributed by atoms with Crippen LogP contribution in [0, 0.1) is 32.8 Å². The Kier molecular flexibility index (Phi) is 4.95. The third-order valence-corrected chi connectivity index (χ3v) is 4.92. The maximum absolute atomic E-state index is 10.6. The van der Waals surface area contributed by atoms with Gasteiger partial charge < -0.3 is 0 Å². The number of hydrogen-bond acceptors (Lipinski definition) is 3. The second kappa shape index (κ2) is 6.71. The molecule has 112 valence electrons. The van der Waals surface area contributed by atoms with Crippen molar-refractivity contribution in [1.82, 2.24) is 0 Å². The molecule has 0 spiro atoms. The van der Waals surface area contributed by atoms with E-state index in [1.54, 1.807) is 24.3 Å². The smallest absolute Gasteiger partial charge is 0.258 e. The van der Waals surface area contributed by atoms with Crippen molar-refractivity contribution in [1.29, 1.82) is 5.26 Å². The predicted octanol–water partition coefficient (Wildman–Crippen LogP) is 4.64. The minimum Gasteiger partial charge on any atom is -0.258 e. The lowest BCUT2D eigenvalue weighted by atomic mass is 9.68. The average molecular weight is 286 g/mol. The molecular weight excluding hydrogens is 264 g/mol. The van der Waals surface area contributed by atoms with E-state index < -0.39 is 0 Å². The second-order valence-corrected chi connectivity index (χ2v) is 6.17. The van der Waals surface area contributed by atoms with Crippen molar-refractivity contribution in [3.63, 3.8) is 0 Å². The van der Waals surface area contributed by atoms with Gasteiger partial charge in [0, 0.05) is 12.1 Å². The van der Waals surface area contributed by atoms with Crippen LogP contribution in [0.4, 0.5) is 5.69 Å². The molecule has 1 aliphatic carbocycles. The molecule has 4 nitrogen and oxygen atoms in total. The van der Waals surface area contributed by atoms with Crippen molar-refractivity contribution in [2.75, 3.05) is 0 Å². The summed E-state index contributed by atoms with van der Waals surface area (Å²) in [4.78, 5) is 10.3. The lowest BCUT2D eigenvalue weighted by molar-refractivity contribution is -0.384. The average Bonchev–Trinajstić information content (AvgIpc) is 2.54. The number of nitro groups is 1. The summed E-state index contributed by atoms with van der Waals surface area (Å²) in [6.45, 7) is 2.22. The van der Waals surface area contributed by atoms with Crippen molar-refractivity contribution in [2.45, 2.75) is 51.9 Å². The summed E-state index contributed by atoms with van der Waals surface area (Å²) < 4.78 is 0. The largest absolute Gasteiger partial charge is 0.269 e. The number of non-ortho nitro benzene ring substituents is 1. The van der Waals surface area contributed by atoms with Gasteiger partial charge in [0.15, 0.2) is 0 Å². The quantitative estimate of drug-likeness (QED) is 0.585. The van der Waals surface area contributed by atoms with Crippen LogP contribution in [0.25, 0.3) is 0 Å². The number of nitro benzene ring substituents is 1. The van der Waals surface area contributed by atoms with Gasteiger partial charge in [-0.1, -0.05) is 25.5 Å². The first-order chi connectivity index (χ1) is 10.1. The summed E-state index contributed by atoms with van der Waals surface area (Å²) in [5, 5.41) is 20.2. The predicted molar refractivity (Wildman–Crippen MR) is 81.7 cm³/mol. The monoisotopic (exact) mass is 286 g/mol. The highest BCUT2D eigenvalue weighted by Crippen LogP contribution is 2.42. The van der Waals surface area contributed by atoms with Crippen molar-refractivity contribution >= 4 is 5.69 Å². The molecule has 0 aliphatic heterocycles. The molecule has 4 heteroatoms. The van der Waals surface area contributed by atoms with Crippen LogP contribution < -0.4 is 0 Å². The molecule has 1 fully saturated rings. The normalized spacial score (nSPS) is 25.2. The zero-order valence-electron chi connectivity index (χ0n) is 12.5. The van der Waals surface area contributed by atoms with E-state index in [4.69, 9.17) is 0 Å². The Morgan fingerprint density at radius 2 is 1.95 bits per heavy atom. The number of nitriles is 1. The van der Waals surface area contributed by atoms with Gasteiger partial charge in [-0.15, -0.1) is 0 Å². The SMILES string of the molecule is CCC1CCC(C#N)(CCc2ccc([N+](=O)[O-])cc2)CC1. The Balaban J connectivity index is 1.94. The lowest BCUT2D eigenvalue weighted by Crippen LogP contribution is -2.26. The van der Waals surface area contributed by atoms with E-state index in [2.05, 4.69) is 13.0 Å². The van der Waals surface area contributed by atoms with E-state index >= 15 is 0 Å². The van der Waals surface area contributed by atoms with Gasteiger partial charge in [-0.2, -0.15) is 5.26 Å². The van der Waals surface area contributed by atoms with Crippen molar-refractivity contribution in [3.05, 3.63) is 39.9 Å². The van der Waals surface area contributed by atoms with Gasteiger partial charge >= 0.3 is 0 Å². The Morgan fingerprint density at radius 3 is 2.43 bits per heavy atom. The van der Waals surface area contributed by atoms with Crippen molar-refractivity contribution in [2.24, 2.45) is 11.3 Å². The lowest BCUT2D eigenvalue weighted by Gasteiger charge is -2.34. The summed E-state index contributed by atoms with van der Waals surface area (Å²) in [6, 6.07) is 9.25. The Labute approximate surface area is 125 Å². The van der Waals surface area contributed by atoms with Gasteiger partial charge in [0.25, 0.3) is 5.69 Å². The molecule has 0 atom stereocenters. The minimum atomic E-state index is -0.382. The van der Waals surface area contributed by atoms with E-state index in [0.717, 1.165) is 50.0 Å². The van der Waals surface area contributed by atoms with E-state index in [9.17, 15) is 15.4 Å². The first-order valence-corrected chi connectivity index (χ1v) is 7.73. The highest BCUT2D eigenvalue weighted by molar-refractivity contribution is 5.33. The topological polar surface area (TPSA) is 66.9 Å². The third kappa shape index (κ3) is 3.81. The molecular formula is C17H22N2O2. The van der Waals surface area contributed by atoms with E-state index in [-0.39, 0.29) is 16.0 Å². The fraction of sp³-hybridized carbons (Fsp3) is 0.588. The van der Waals surface area contributed by atoms with Gasteiger partial charge in [-0.3, -0.25) is 10.1 Å². The first-order valence-electron chi connectivity index (χ1n) is 7.73. The van der Waals surface area contributed by atoms with Gasteiger partial charge in [0.2, 0.25) is 0 Å². The van der Waals surface area contributed by atoms with Crippen LogP contribution in [0.1, 0.15) is 51.0 Å². The molecule has 2 rings (SSSR count). The van der Waals surface area contributed by atoms with Crippen molar-refractivity contribution < 1.29 is 4.92 Å². The zero-order chi connectivity index (χ0) is 15.3. The molecule has 0 N–H and O–H groups in total. The molecule has 0 bridgehead atoms. The number of rotatable bonds is 5. The van der Waals surface area contributed by atoms with Gasteiger partial charge in [0.1, 0.15) is 0 Å². The van der Waals surface area contributed by atoms with Crippen LogP contribution in [-0.4, -0.2) is 4.92 Å². The van der Waals surface area contributed by atoms with Crippen LogP contribution in [-0.2, 0) is 6.42 Å². The Bertz CT molecular complexity index is 523. The van der Waals surface area contributed by atoms with Crippen molar-refractivity contribution in [3.8, 4) is 6.07 Å². The minimum absolute atomic E-state index is 0.122. The highest BCUT2D eigenvalue weighted by atomic mass is 16.6. The zero-order valence-corrected chi connectivity index (χ0v) is 12.5. The van der Waals surface area contributed by atoms with Crippen LogP contribution >= 0.6 is 0 Å². The fourth-order valence-corrected chi connectivity index (χ4v) is 3.22. The molecule has 1 aliphatic rings. The molecule has 1 saturated carbocycles. The Hall–Kier alpha value is -1.89. The number of benzene rings is 1. The number of aryl methyl sites for hydroxylation is 1. The number of nitrogens with zero attached hydrogens (tertiary/aromatic N) is 2. The maximum atomic E-state index is 10.6. The summed E-state index contributed by atoms with van der Waals surface area (Å²) in [7, 11) is 0. The fourth-order valence-electron chi connectivity index (χ4n) is 3.22.